The van der Waals surface area contributed by atoms with E-state index in [1.165, 1.54) is 42.5 Å². The molecule has 10 heteroatoms. The molecule has 4 rings (SSSR count). The molecule has 0 N–H and O–H groups in total. The average Bonchev–Trinajstić information content (AvgIpc) is 2.73. The van der Waals surface area contributed by atoms with Crippen LogP contribution in [-0.4, -0.2) is 24.6 Å². The Bertz CT molecular complexity index is 1490. The first-order chi connectivity index (χ1) is 15.4. The predicted octanol–water partition coefficient (Wildman–Crippen LogP) is 6.47. The molecule has 0 radical (unpaired) electrons. The molecule has 0 aliphatic rings. The zero-order valence-corrected chi connectivity index (χ0v) is 18.9. The van der Waals surface area contributed by atoms with Crippen LogP contribution < -0.4 is 4.74 Å². The summed E-state index contributed by atoms with van der Waals surface area (Å²) in [4.78, 5) is 8.54. The fourth-order valence-corrected chi connectivity index (χ4v) is 4.37. The Labute approximate surface area is 192 Å². The first-order valence-corrected chi connectivity index (χ1v) is 11.8. The molecule has 1 aromatic heterocycles. The van der Waals surface area contributed by atoms with Gasteiger partial charge in [0.1, 0.15) is 21.9 Å². The highest BCUT2D eigenvalue weighted by atomic mass is 35.5. The minimum Gasteiger partial charge on any atom is -0.456 e. The number of fused-ring (bicyclic) bond motifs is 1. The normalized spacial score (nSPS) is 12.2. The summed E-state index contributed by atoms with van der Waals surface area (Å²) >= 11 is 6.35. The van der Waals surface area contributed by atoms with Crippen molar-refractivity contribution in [1.82, 2.24) is 9.97 Å². The number of ether oxygens (including phenoxy) is 1. The van der Waals surface area contributed by atoms with Crippen molar-refractivity contribution >= 4 is 32.5 Å². The van der Waals surface area contributed by atoms with E-state index in [1.807, 2.05) is 0 Å². The van der Waals surface area contributed by atoms with E-state index in [0.717, 1.165) is 12.3 Å². The Hall–Kier alpha value is -3.17. The molecule has 170 valence electrons. The molecule has 4 aromatic rings. The number of hydrogen-bond donors (Lipinski definition) is 0. The Balaban J connectivity index is 1.85. The maximum Gasteiger partial charge on any atom is 0.418 e. The number of aryl methyl sites for hydroxylation is 1. The number of benzene rings is 3. The van der Waals surface area contributed by atoms with Gasteiger partial charge in [0.05, 0.1) is 27.5 Å². The van der Waals surface area contributed by atoms with Gasteiger partial charge in [-0.3, -0.25) is 0 Å². The third-order valence-electron chi connectivity index (χ3n) is 4.84. The number of para-hydroxylation sites is 2. The summed E-state index contributed by atoms with van der Waals surface area (Å²) in [6, 6.07) is 14.3. The van der Waals surface area contributed by atoms with Crippen LogP contribution in [0, 0.1) is 6.92 Å². The van der Waals surface area contributed by atoms with Crippen LogP contribution in [0.1, 0.15) is 11.3 Å². The minimum absolute atomic E-state index is 0.00186. The van der Waals surface area contributed by atoms with Crippen molar-refractivity contribution in [3.05, 3.63) is 76.9 Å². The quantitative estimate of drug-likeness (QED) is 0.326. The average molecular weight is 493 g/mol. The summed E-state index contributed by atoms with van der Waals surface area (Å²) in [7, 11) is -3.55. The molecule has 0 saturated carbocycles. The lowest BCUT2D eigenvalue weighted by atomic mass is 10.1. The second kappa shape index (κ2) is 8.31. The van der Waals surface area contributed by atoms with E-state index in [9.17, 15) is 21.6 Å². The molecule has 0 aliphatic heterocycles. The van der Waals surface area contributed by atoms with E-state index in [-0.39, 0.29) is 38.1 Å². The SMILES string of the molecule is Cc1nc2cccc(C(F)(F)F)c2nc1-c1cc(Oc2ccccc2S(C)(=O)=O)ccc1Cl. The molecule has 0 fully saturated rings. The fourth-order valence-electron chi connectivity index (χ4n) is 3.37. The maximum atomic E-state index is 13.5. The van der Waals surface area contributed by atoms with Gasteiger partial charge < -0.3 is 4.74 Å². The Morgan fingerprint density at radius 2 is 1.70 bits per heavy atom. The zero-order chi connectivity index (χ0) is 24.0. The molecule has 5 nitrogen and oxygen atoms in total. The summed E-state index contributed by atoms with van der Waals surface area (Å²) in [6.07, 6.45) is -3.54. The summed E-state index contributed by atoms with van der Waals surface area (Å²) in [5, 5.41) is 0.222. The molecular formula is C23H16ClF3N2O3S. The van der Waals surface area contributed by atoms with Crippen LogP contribution in [0.2, 0.25) is 5.02 Å². The first-order valence-electron chi connectivity index (χ1n) is 9.56. The highest BCUT2D eigenvalue weighted by molar-refractivity contribution is 7.90. The van der Waals surface area contributed by atoms with Gasteiger partial charge in [-0.2, -0.15) is 13.2 Å². The molecular weight excluding hydrogens is 477 g/mol. The van der Waals surface area contributed by atoms with E-state index in [1.54, 1.807) is 19.1 Å². The van der Waals surface area contributed by atoms with E-state index >= 15 is 0 Å². The van der Waals surface area contributed by atoms with Crippen LogP contribution in [0.4, 0.5) is 13.2 Å². The van der Waals surface area contributed by atoms with Crippen molar-refractivity contribution < 1.29 is 26.3 Å². The van der Waals surface area contributed by atoms with Crippen LogP contribution in [0.25, 0.3) is 22.3 Å². The Morgan fingerprint density at radius 3 is 2.39 bits per heavy atom. The second-order valence-electron chi connectivity index (χ2n) is 7.29. The van der Waals surface area contributed by atoms with Gasteiger partial charge in [-0.05, 0) is 49.4 Å². The molecule has 0 spiro atoms. The van der Waals surface area contributed by atoms with E-state index in [0.29, 0.717) is 11.3 Å². The van der Waals surface area contributed by atoms with Gasteiger partial charge >= 0.3 is 6.18 Å². The van der Waals surface area contributed by atoms with Crippen LogP contribution in [0.15, 0.2) is 65.6 Å². The lowest BCUT2D eigenvalue weighted by molar-refractivity contribution is -0.136. The van der Waals surface area contributed by atoms with Crippen molar-refractivity contribution in [1.29, 1.82) is 0 Å². The number of halogens is 4. The van der Waals surface area contributed by atoms with Crippen LogP contribution >= 0.6 is 11.6 Å². The van der Waals surface area contributed by atoms with Crippen LogP contribution in [0.5, 0.6) is 11.5 Å². The summed E-state index contributed by atoms with van der Waals surface area (Å²) in [5.41, 5.74) is -0.259. The lowest BCUT2D eigenvalue weighted by Crippen LogP contribution is -2.08. The molecule has 0 aliphatic carbocycles. The van der Waals surface area contributed by atoms with Gasteiger partial charge in [0.2, 0.25) is 0 Å². The van der Waals surface area contributed by atoms with E-state index in [2.05, 4.69) is 9.97 Å². The van der Waals surface area contributed by atoms with Crippen molar-refractivity contribution in [3.8, 4) is 22.8 Å². The highest BCUT2D eigenvalue weighted by Gasteiger charge is 2.33. The number of hydrogen-bond acceptors (Lipinski definition) is 5. The van der Waals surface area contributed by atoms with Gasteiger partial charge in [-0.1, -0.05) is 29.8 Å². The van der Waals surface area contributed by atoms with Gasteiger partial charge in [-0.15, -0.1) is 0 Å². The number of alkyl halides is 3. The number of aromatic nitrogens is 2. The first kappa shape index (κ1) is 23.0. The monoisotopic (exact) mass is 492 g/mol. The number of nitrogens with zero attached hydrogens (tertiary/aromatic N) is 2. The predicted molar refractivity (Wildman–Crippen MR) is 119 cm³/mol. The highest BCUT2D eigenvalue weighted by Crippen LogP contribution is 2.38. The Kier molecular flexibility index (Phi) is 5.79. The topological polar surface area (TPSA) is 69.2 Å². The molecule has 0 bridgehead atoms. The number of sulfone groups is 1. The molecule has 1 heterocycles. The van der Waals surface area contributed by atoms with Gasteiger partial charge in [-0.25, -0.2) is 18.4 Å². The minimum atomic E-state index is -4.61. The van der Waals surface area contributed by atoms with E-state index in [4.69, 9.17) is 16.3 Å². The smallest absolute Gasteiger partial charge is 0.418 e. The third kappa shape index (κ3) is 4.65. The van der Waals surface area contributed by atoms with E-state index < -0.39 is 21.6 Å². The third-order valence-corrected chi connectivity index (χ3v) is 6.31. The molecule has 33 heavy (non-hydrogen) atoms. The largest absolute Gasteiger partial charge is 0.456 e. The van der Waals surface area contributed by atoms with Crippen molar-refractivity contribution in [3.63, 3.8) is 0 Å². The maximum absolute atomic E-state index is 13.5. The van der Waals surface area contributed by atoms with Crippen molar-refractivity contribution in [2.75, 3.05) is 6.26 Å². The summed E-state index contributed by atoms with van der Waals surface area (Å²) < 4.78 is 70.4. The molecule has 3 aromatic carbocycles. The van der Waals surface area contributed by atoms with Crippen LogP contribution in [0.3, 0.4) is 0 Å². The fraction of sp³-hybridized carbons (Fsp3) is 0.130. The van der Waals surface area contributed by atoms with Gasteiger partial charge in [0.25, 0.3) is 0 Å². The zero-order valence-electron chi connectivity index (χ0n) is 17.3. The lowest BCUT2D eigenvalue weighted by Gasteiger charge is -2.14. The molecule has 0 amide bonds. The molecule has 0 saturated heterocycles. The van der Waals surface area contributed by atoms with Crippen molar-refractivity contribution in [2.24, 2.45) is 0 Å². The van der Waals surface area contributed by atoms with Gasteiger partial charge in [0, 0.05) is 11.8 Å². The standard InChI is InChI=1S/C23H16ClF3N2O3S/c1-13-21(29-22-16(23(25,26)27)6-5-7-18(22)28-13)15-12-14(10-11-17(15)24)32-19-8-3-4-9-20(19)33(2,30)31/h3-12H,1-2H3. The second-order valence-corrected chi connectivity index (χ2v) is 9.68. The molecule has 0 unspecified atom stereocenters. The van der Waals surface area contributed by atoms with Crippen LogP contribution in [-0.2, 0) is 16.0 Å². The summed E-state index contributed by atoms with van der Waals surface area (Å²) in [5.74, 6) is 0.338. The summed E-state index contributed by atoms with van der Waals surface area (Å²) in [6.45, 7) is 1.62. The van der Waals surface area contributed by atoms with Crippen molar-refractivity contribution in [2.45, 2.75) is 18.0 Å². The molecule has 0 atom stereocenters. The Morgan fingerprint density at radius 1 is 0.970 bits per heavy atom. The van der Waals surface area contributed by atoms with Gasteiger partial charge in [0.15, 0.2) is 9.84 Å². The number of rotatable bonds is 4.